The van der Waals surface area contributed by atoms with Crippen molar-refractivity contribution in [2.24, 2.45) is 0 Å². The Bertz CT molecular complexity index is 561. The lowest BCUT2D eigenvalue weighted by atomic mass is 9.98. The second-order valence-corrected chi connectivity index (χ2v) is 4.39. The summed E-state index contributed by atoms with van der Waals surface area (Å²) in [6.07, 6.45) is 0. The molecule has 0 bridgehead atoms. The molecule has 0 aliphatic carbocycles. The van der Waals surface area contributed by atoms with Gasteiger partial charge in [0.05, 0.1) is 12.7 Å². The molecule has 2 aromatic rings. The third-order valence-electron chi connectivity index (χ3n) is 2.76. The first-order chi connectivity index (χ1) is 8.52. The van der Waals surface area contributed by atoms with Crippen LogP contribution < -0.4 is 10.5 Å². The molecule has 0 saturated heterocycles. The van der Waals surface area contributed by atoms with Gasteiger partial charge in [-0.15, -0.1) is 0 Å². The zero-order valence-electron chi connectivity index (χ0n) is 10.6. The molecule has 0 aliphatic heterocycles. The van der Waals surface area contributed by atoms with Gasteiger partial charge in [0, 0.05) is 6.07 Å². The van der Waals surface area contributed by atoms with Crippen LogP contribution in [-0.4, -0.2) is 17.4 Å². The zero-order valence-corrected chi connectivity index (χ0v) is 10.6. The highest BCUT2D eigenvalue weighted by molar-refractivity contribution is 5.72. The maximum Gasteiger partial charge on any atom is 0.172 e. The lowest BCUT2D eigenvalue weighted by Crippen LogP contribution is -1.93. The standard InChI is InChI=1S/C13H16N2O3/c1-7(2)8-4-9(11-6-12(14)15-18-11)13(17-3)10(16)5-8/h4-7,16H,1-3H3,(H2,14,15). The molecule has 0 saturated carbocycles. The Hall–Kier alpha value is -2.17. The Kier molecular flexibility index (Phi) is 3.14. The molecule has 3 N–H and O–H groups in total. The van der Waals surface area contributed by atoms with Crippen LogP contribution in [0.1, 0.15) is 25.3 Å². The number of aromatic hydroxyl groups is 1. The second-order valence-electron chi connectivity index (χ2n) is 4.39. The normalized spacial score (nSPS) is 10.9. The van der Waals surface area contributed by atoms with Crippen molar-refractivity contribution in [1.82, 2.24) is 5.16 Å². The Morgan fingerprint density at radius 1 is 1.33 bits per heavy atom. The van der Waals surface area contributed by atoms with E-state index in [4.69, 9.17) is 15.0 Å². The van der Waals surface area contributed by atoms with Crippen LogP contribution in [0.2, 0.25) is 0 Å². The summed E-state index contributed by atoms with van der Waals surface area (Å²) in [5, 5.41) is 13.6. The molecule has 18 heavy (non-hydrogen) atoms. The van der Waals surface area contributed by atoms with Gasteiger partial charge in [0.25, 0.3) is 0 Å². The van der Waals surface area contributed by atoms with Crippen molar-refractivity contribution in [2.45, 2.75) is 19.8 Å². The second kappa shape index (κ2) is 4.60. The minimum Gasteiger partial charge on any atom is -0.504 e. The summed E-state index contributed by atoms with van der Waals surface area (Å²) < 4.78 is 10.3. The molecule has 5 heteroatoms. The van der Waals surface area contributed by atoms with Crippen LogP contribution in [0.15, 0.2) is 22.7 Å². The lowest BCUT2D eigenvalue weighted by Gasteiger charge is -2.12. The first kappa shape index (κ1) is 12.3. The van der Waals surface area contributed by atoms with E-state index in [1.807, 2.05) is 19.9 Å². The molecule has 1 aromatic carbocycles. The molecular weight excluding hydrogens is 232 g/mol. The number of benzene rings is 1. The first-order valence-electron chi connectivity index (χ1n) is 5.66. The Morgan fingerprint density at radius 2 is 2.06 bits per heavy atom. The van der Waals surface area contributed by atoms with Gasteiger partial charge in [-0.25, -0.2) is 0 Å². The van der Waals surface area contributed by atoms with Gasteiger partial charge < -0.3 is 20.1 Å². The molecule has 1 heterocycles. The van der Waals surface area contributed by atoms with Crippen LogP contribution in [0.5, 0.6) is 11.5 Å². The van der Waals surface area contributed by atoms with Gasteiger partial charge in [-0.1, -0.05) is 19.0 Å². The van der Waals surface area contributed by atoms with Gasteiger partial charge in [-0.2, -0.15) is 0 Å². The lowest BCUT2D eigenvalue weighted by molar-refractivity contribution is 0.370. The number of nitrogens with zero attached hydrogens (tertiary/aromatic N) is 1. The van der Waals surface area contributed by atoms with Gasteiger partial charge in [0.2, 0.25) is 0 Å². The van der Waals surface area contributed by atoms with Gasteiger partial charge >= 0.3 is 0 Å². The van der Waals surface area contributed by atoms with E-state index >= 15 is 0 Å². The van der Waals surface area contributed by atoms with Gasteiger partial charge in [0.1, 0.15) is 0 Å². The summed E-state index contributed by atoms with van der Waals surface area (Å²) in [5.41, 5.74) is 7.16. The third-order valence-corrected chi connectivity index (χ3v) is 2.76. The fourth-order valence-corrected chi connectivity index (χ4v) is 1.78. The minimum absolute atomic E-state index is 0.0775. The molecule has 0 fully saturated rings. The molecule has 0 spiro atoms. The minimum atomic E-state index is 0.0775. The first-order valence-corrected chi connectivity index (χ1v) is 5.66. The molecule has 0 radical (unpaired) electrons. The molecule has 0 unspecified atom stereocenters. The van der Waals surface area contributed by atoms with E-state index < -0.39 is 0 Å². The maximum atomic E-state index is 9.97. The summed E-state index contributed by atoms with van der Waals surface area (Å²) in [4.78, 5) is 0. The Balaban J connectivity index is 2.63. The molecule has 2 rings (SSSR count). The van der Waals surface area contributed by atoms with Crippen LogP contribution in [0.25, 0.3) is 11.3 Å². The van der Waals surface area contributed by atoms with Crippen LogP contribution in [0, 0.1) is 0 Å². The molecular formula is C13H16N2O3. The predicted octanol–water partition coefficient (Wildman–Crippen LogP) is 2.76. The SMILES string of the molecule is COc1c(O)cc(C(C)C)cc1-c1cc(N)no1. The van der Waals surface area contributed by atoms with Crippen LogP contribution >= 0.6 is 0 Å². The Morgan fingerprint density at radius 3 is 2.56 bits per heavy atom. The number of phenols is 1. The maximum absolute atomic E-state index is 9.97. The fraction of sp³-hybridized carbons (Fsp3) is 0.308. The highest BCUT2D eigenvalue weighted by Gasteiger charge is 2.17. The molecule has 0 aliphatic rings. The van der Waals surface area contributed by atoms with Crippen LogP contribution in [0.4, 0.5) is 5.82 Å². The van der Waals surface area contributed by atoms with Crippen molar-refractivity contribution in [2.75, 3.05) is 12.8 Å². The summed E-state index contributed by atoms with van der Waals surface area (Å²) in [7, 11) is 1.49. The molecule has 1 aromatic heterocycles. The van der Waals surface area contributed by atoms with E-state index in [1.54, 1.807) is 12.1 Å². The molecule has 0 amide bonds. The number of aromatic nitrogens is 1. The van der Waals surface area contributed by atoms with Gasteiger partial charge in [-0.05, 0) is 23.6 Å². The number of hydrogen-bond donors (Lipinski definition) is 2. The van der Waals surface area contributed by atoms with E-state index in [9.17, 15) is 5.11 Å². The van der Waals surface area contributed by atoms with Crippen molar-refractivity contribution >= 4 is 5.82 Å². The van der Waals surface area contributed by atoms with Crippen molar-refractivity contribution < 1.29 is 14.4 Å². The highest BCUT2D eigenvalue weighted by Crippen LogP contribution is 2.40. The number of phenolic OH excluding ortho intramolecular Hbond substituents is 1. The quantitative estimate of drug-likeness (QED) is 0.872. The predicted molar refractivity (Wildman–Crippen MR) is 68.7 cm³/mol. The average molecular weight is 248 g/mol. The van der Waals surface area contributed by atoms with E-state index in [0.29, 0.717) is 22.9 Å². The molecule has 5 nitrogen and oxygen atoms in total. The van der Waals surface area contributed by atoms with Crippen molar-refractivity contribution in [3.05, 3.63) is 23.8 Å². The Labute approximate surface area is 105 Å². The number of anilines is 1. The number of ether oxygens (including phenoxy) is 1. The van der Waals surface area contributed by atoms with Crippen molar-refractivity contribution in [3.8, 4) is 22.8 Å². The number of hydrogen-bond acceptors (Lipinski definition) is 5. The highest BCUT2D eigenvalue weighted by atomic mass is 16.5. The van der Waals surface area contributed by atoms with Crippen molar-refractivity contribution in [1.29, 1.82) is 0 Å². The number of nitrogen functional groups attached to an aromatic ring is 1. The third kappa shape index (κ3) is 2.11. The van der Waals surface area contributed by atoms with Crippen molar-refractivity contribution in [3.63, 3.8) is 0 Å². The largest absolute Gasteiger partial charge is 0.504 e. The zero-order chi connectivity index (χ0) is 13.3. The van der Waals surface area contributed by atoms with E-state index in [-0.39, 0.29) is 11.7 Å². The van der Waals surface area contributed by atoms with Crippen LogP contribution in [0.3, 0.4) is 0 Å². The summed E-state index contributed by atoms with van der Waals surface area (Å²) in [6.45, 7) is 4.08. The average Bonchev–Trinajstić information content (AvgIpc) is 2.74. The molecule has 96 valence electrons. The summed E-state index contributed by atoms with van der Waals surface area (Å²) in [6, 6.07) is 5.19. The topological polar surface area (TPSA) is 81.5 Å². The van der Waals surface area contributed by atoms with Gasteiger partial charge in [0.15, 0.2) is 23.1 Å². The van der Waals surface area contributed by atoms with E-state index in [0.717, 1.165) is 5.56 Å². The summed E-state index contributed by atoms with van der Waals surface area (Å²) in [5.74, 6) is 1.48. The fourth-order valence-electron chi connectivity index (χ4n) is 1.78. The number of rotatable bonds is 3. The van der Waals surface area contributed by atoms with Gasteiger partial charge in [-0.3, -0.25) is 0 Å². The number of nitrogens with two attached hydrogens (primary N) is 1. The summed E-state index contributed by atoms with van der Waals surface area (Å²) >= 11 is 0. The van der Waals surface area contributed by atoms with E-state index in [2.05, 4.69) is 5.16 Å². The smallest absolute Gasteiger partial charge is 0.172 e. The monoisotopic (exact) mass is 248 g/mol. The van der Waals surface area contributed by atoms with Crippen LogP contribution in [-0.2, 0) is 0 Å². The number of methoxy groups -OCH3 is 1. The van der Waals surface area contributed by atoms with E-state index in [1.165, 1.54) is 7.11 Å². The molecule has 0 atom stereocenters.